The Morgan fingerprint density at radius 3 is 2.60 bits per heavy atom. The van der Waals surface area contributed by atoms with E-state index < -0.39 is 16.0 Å². The number of rotatable bonds is 5. The zero-order chi connectivity index (χ0) is 14.6. The van der Waals surface area contributed by atoms with Crippen LogP contribution in [0.25, 0.3) is 0 Å². The molecule has 0 aliphatic heterocycles. The molecular weight excluding hydrogens is 284 g/mol. The van der Waals surface area contributed by atoms with Crippen LogP contribution in [0.15, 0.2) is 41.9 Å². The second-order valence-electron chi connectivity index (χ2n) is 3.72. The number of aromatic nitrogens is 3. The molecular formula is C11H10N4O4S. The summed E-state index contributed by atoms with van der Waals surface area (Å²) in [5.41, 5.74) is 0.422. The van der Waals surface area contributed by atoms with Gasteiger partial charge in [-0.15, -0.1) is 0 Å². The van der Waals surface area contributed by atoms with E-state index >= 15 is 0 Å². The molecule has 0 aromatic carbocycles. The van der Waals surface area contributed by atoms with Crippen LogP contribution < -0.4 is 4.72 Å². The first-order chi connectivity index (χ1) is 9.49. The van der Waals surface area contributed by atoms with Crippen molar-refractivity contribution >= 4 is 16.0 Å². The van der Waals surface area contributed by atoms with Gasteiger partial charge in [0.2, 0.25) is 0 Å². The van der Waals surface area contributed by atoms with E-state index in [1.165, 1.54) is 18.6 Å². The normalized spacial score (nSPS) is 11.2. The van der Waals surface area contributed by atoms with Crippen molar-refractivity contribution in [2.24, 2.45) is 0 Å². The molecule has 104 valence electrons. The number of nitrogens with zero attached hydrogens (tertiary/aromatic N) is 3. The lowest BCUT2D eigenvalue weighted by Crippen LogP contribution is -2.24. The molecule has 8 nitrogen and oxygen atoms in total. The van der Waals surface area contributed by atoms with Gasteiger partial charge in [-0.25, -0.2) is 32.9 Å². The number of hydrogen-bond donors (Lipinski definition) is 2. The Hall–Kier alpha value is -2.39. The van der Waals surface area contributed by atoms with Crippen molar-refractivity contribution in [3.05, 3.63) is 48.2 Å². The molecule has 0 amide bonds. The number of nitrogens with one attached hydrogen (secondary N) is 1. The van der Waals surface area contributed by atoms with E-state index in [-0.39, 0.29) is 17.1 Å². The zero-order valence-corrected chi connectivity index (χ0v) is 10.9. The largest absolute Gasteiger partial charge is 0.478 e. The van der Waals surface area contributed by atoms with Gasteiger partial charge in [-0.05, 0) is 18.2 Å². The van der Waals surface area contributed by atoms with Crippen LogP contribution in [-0.4, -0.2) is 34.4 Å². The van der Waals surface area contributed by atoms with Crippen LogP contribution in [0.1, 0.15) is 16.1 Å². The van der Waals surface area contributed by atoms with Crippen LogP contribution in [0.2, 0.25) is 0 Å². The Kier molecular flexibility index (Phi) is 4.01. The molecule has 2 N–H and O–H groups in total. The lowest BCUT2D eigenvalue weighted by atomic mass is 10.3. The predicted octanol–water partition coefficient (Wildman–Crippen LogP) is 0.0483. The van der Waals surface area contributed by atoms with E-state index in [9.17, 15) is 13.2 Å². The monoisotopic (exact) mass is 294 g/mol. The van der Waals surface area contributed by atoms with E-state index in [1.807, 2.05) is 0 Å². The summed E-state index contributed by atoms with van der Waals surface area (Å²) in [5.74, 6) is -1.17. The third kappa shape index (κ3) is 3.33. The van der Waals surface area contributed by atoms with Crippen LogP contribution in [0.4, 0.5) is 0 Å². The van der Waals surface area contributed by atoms with Crippen LogP contribution in [0, 0.1) is 0 Å². The number of carboxylic acid groups (broad SMARTS) is 1. The van der Waals surface area contributed by atoms with Crippen molar-refractivity contribution in [2.75, 3.05) is 0 Å². The highest BCUT2D eigenvalue weighted by Crippen LogP contribution is 2.07. The molecule has 2 aromatic heterocycles. The number of sulfonamides is 1. The summed E-state index contributed by atoms with van der Waals surface area (Å²) in [6.07, 6.45) is 3.79. The molecule has 0 aliphatic rings. The van der Waals surface area contributed by atoms with E-state index in [0.29, 0.717) is 5.69 Å². The van der Waals surface area contributed by atoms with Gasteiger partial charge >= 0.3 is 5.97 Å². The molecule has 0 aliphatic carbocycles. The molecule has 0 fully saturated rings. The van der Waals surface area contributed by atoms with Crippen molar-refractivity contribution in [3.8, 4) is 0 Å². The van der Waals surface area contributed by atoms with Gasteiger partial charge in [0.1, 0.15) is 6.33 Å². The van der Waals surface area contributed by atoms with Gasteiger partial charge in [-0.1, -0.05) is 0 Å². The van der Waals surface area contributed by atoms with E-state index in [2.05, 4.69) is 19.7 Å². The van der Waals surface area contributed by atoms with Gasteiger partial charge in [0.15, 0.2) is 5.03 Å². The average molecular weight is 294 g/mol. The maximum atomic E-state index is 11.9. The zero-order valence-electron chi connectivity index (χ0n) is 10.1. The fraction of sp³-hybridized carbons (Fsp3) is 0.0909. The highest BCUT2D eigenvalue weighted by atomic mass is 32.2. The number of carboxylic acids is 1. The fourth-order valence-corrected chi connectivity index (χ4v) is 2.26. The first-order valence-corrected chi connectivity index (χ1v) is 6.91. The molecule has 2 rings (SSSR count). The van der Waals surface area contributed by atoms with Crippen molar-refractivity contribution in [2.45, 2.75) is 11.6 Å². The Balaban J connectivity index is 2.12. The van der Waals surface area contributed by atoms with Gasteiger partial charge < -0.3 is 5.11 Å². The summed E-state index contributed by atoms with van der Waals surface area (Å²) in [7, 11) is -3.82. The van der Waals surface area contributed by atoms with Gasteiger partial charge in [-0.3, -0.25) is 0 Å². The Bertz CT molecular complexity index is 701. The SMILES string of the molecule is O=C(O)c1ccc(S(=O)(=O)NCc2ccncn2)nc1. The summed E-state index contributed by atoms with van der Waals surface area (Å²) in [4.78, 5) is 21.9. The quantitative estimate of drug-likeness (QED) is 0.798. The second-order valence-corrected chi connectivity index (χ2v) is 5.43. The molecule has 9 heteroatoms. The highest BCUT2D eigenvalue weighted by Gasteiger charge is 2.16. The molecule has 0 bridgehead atoms. The summed E-state index contributed by atoms with van der Waals surface area (Å²) < 4.78 is 26.2. The van der Waals surface area contributed by atoms with Crippen molar-refractivity contribution in [1.29, 1.82) is 0 Å². The number of pyridine rings is 1. The molecule has 0 radical (unpaired) electrons. The maximum absolute atomic E-state index is 11.9. The van der Waals surface area contributed by atoms with E-state index in [1.54, 1.807) is 6.07 Å². The third-order valence-electron chi connectivity index (χ3n) is 2.35. The Morgan fingerprint density at radius 1 is 1.25 bits per heavy atom. The first-order valence-electron chi connectivity index (χ1n) is 5.43. The fourth-order valence-electron chi connectivity index (χ4n) is 1.33. The van der Waals surface area contributed by atoms with Crippen LogP contribution >= 0.6 is 0 Å². The van der Waals surface area contributed by atoms with Crippen LogP contribution in [-0.2, 0) is 16.6 Å². The molecule has 0 spiro atoms. The molecule has 0 atom stereocenters. The van der Waals surface area contributed by atoms with E-state index in [0.717, 1.165) is 12.3 Å². The van der Waals surface area contributed by atoms with E-state index in [4.69, 9.17) is 5.11 Å². The minimum atomic E-state index is -3.82. The Labute approximate surface area is 114 Å². The van der Waals surface area contributed by atoms with Crippen molar-refractivity contribution < 1.29 is 18.3 Å². The highest BCUT2D eigenvalue weighted by molar-refractivity contribution is 7.89. The maximum Gasteiger partial charge on any atom is 0.337 e. The molecule has 0 saturated heterocycles. The van der Waals surface area contributed by atoms with Gasteiger partial charge in [-0.2, -0.15) is 0 Å². The summed E-state index contributed by atoms with van der Waals surface area (Å²) in [6.45, 7) is -0.00673. The van der Waals surface area contributed by atoms with Gasteiger partial charge in [0.05, 0.1) is 17.8 Å². The third-order valence-corrected chi connectivity index (χ3v) is 3.66. The van der Waals surface area contributed by atoms with Crippen molar-refractivity contribution in [3.63, 3.8) is 0 Å². The number of carbonyl (C=O) groups is 1. The predicted molar refractivity (Wildman–Crippen MR) is 67.3 cm³/mol. The van der Waals surface area contributed by atoms with Gasteiger partial charge in [0.25, 0.3) is 10.0 Å². The smallest absolute Gasteiger partial charge is 0.337 e. The first kappa shape index (κ1) is 14.0. The van der Waals surface area contributed by atoms with Gasteiger partial charge in [0, 0.05) is 12.4 Å². The minimum Gasteiger partial charge on any atom is -0.478 e. The molecule has 20 heavy (non-hydrogen) atoms. The minimum absolute atomic E-state index is 0.00673. The number of hydrogen-bond acceptors (Lipinski definition) is 6. The Morgan fingerprint density at radius 2 is 2.05 bits per heavy atom. The topological polar surface area (TPSA) is 122 Å². The van der Waals surface area contributed by atoms with Crippen LogP contribution in [0.3, 0.4) is 0 Å². The summed E-state index contributed by atoms with van der Waals surface area (Å²) in [5, 5.41) is 8.46. The number of aromatic carboxylic acids is 1. The molecule has 2 aromatic rings. The molecule has 0 unspecified atom stereocenters. The second kappa shape index (κ2) is 5.72. The lowest BCUT2D eigenvalue weighted by Gasteiger charge is -2.05. The molecule has 0 saturated carbocycles. The van der Waals surface area contributed by atoms with Crippen molar-refractivity contribution in [1.82, 2.24) is 19.7 Å². The molecule has 2 heterocycles. The summed E-state index contributed by atoms with van der Waals surface area (Å²) in [6, 6.07) is 3.88. The lowest BCUT2D eigenvalue weighted by molar-refractivity contribution is 0.0696. The summed E-state index contributed by atoms with van der Waals surface area (Å²) >= 11 is 0. The average Bonchev–Trinajstić information content (AvgIpc) is 2.46. The standard InChI is InChI=1S/C11H10N4O4S/c16-11(17)8-1-2-10(13-5-8)20(18,19)15-6-9-3-4-12-7-14-9/h1-5,7,15H,6H2,(H,16,17). The van der Waals surface area contributed by atoms with Crippen LogP contribution in [0.5, 0.6) is 0 Å².